The number of ether oxygens (including phenoxy) is 2. The quantitative estimate of drug-likeness (QED) is 0.272. The number of hydrogen-bond donors (Lipinski definition) is 3. The average Bonchev–Trinajstić information content (AvgIpc) is 2.29. The van der Waals surface area contributed by atoms with Gasteiger partial charge in [0, 0.05) is 6.54 Å². The van der Waals surface area contributed by atoms with Crippen molar-refractivity contribution in [3.63, 3.8) is 0 Å². The Bertz CT molecular complexity index is 305. The summed E-state index contributed by atoms with van der Waals surface area (Å²) in [6.45, 7) is 1.29. The molecule has 0 radical (unpaired) electrons. The van der Waals surface area contributed by atoms with Crippen LogP contribution in [0.5, 0.6) is 11.5 Å². The normalized spacial score (nSPS) is 10.1. The summed E-state index contributed by atoms with van der Waals surface area (Å²) in [5.74, 6) is 6.61. The number of hydrazine groups is 1. The lowest BCUT2D eigenvalue weighted by atomic mass is 10.2. The van der Waals surface area contributed by atoms with Crippen LogP contribution in [-0.2, 0) is 6.54 Å². The lowest BCUT2D eigenvalue weighted by Gasteiger charge is -2.10. The fourth-order valence-corrected chi connectivity index (χ4v) is 1.27. The molecule has 1 aromatic rings. The molecule has 5 nitrogen and oxygen atoms in total. The van der Waals surface area contributed by atoms with E-state index in [0.717, 1.165) is 23.6 Å². The van der Waals surface area contributed by atoms with Gasteiger partial charge >= 0.3 is 0 Å². The minimum absolute atomic E-state index is 0.564. The highest BCUT2D eigenvalue weighted by atomic mass is 16.5. The van der Waals surface area contributed by atoms with E-state index in [9.17, 15) is 0 Å². The van der Waals surface area contributed by atoms with E-state index >= 15 is 0 Å². The molecule has 0 fully saturated rings. The summed E-state index contributed by atoms with van der Waals surface area (Å²) in [5, 5.41) is 3.11. The van der Waals surface area contributed by atoms with E-state index in [4.69, 9.17) is 15.3 Å². The van der Waals surface area contributed by atoms with Crippen LogP contribution in [0.3, 0.4) is 0 Å². The molecule has 0 unspecified atom stereocenters. The van der Waals surface area contributed by atoms with Crippen LogP contribution in [0.4, 0.5) is 0 Å². The number of methoxy groups -OCH3 is 2. The number of benzene rings is 1. The summed E-state index contributed by atoms with van der Waals surface area (Å²) >= 11 is 0. The molecule has 0 aliphatic carbocycles. The molecule has 5 heteroatoms. The van der Waals surface area contributed by atoms with E-state index in [-0.39, 0.29) is 0 Å². The van der Waals surface area contributed by atoms with Gasteiger partial charge in [-0.25, -0.2) is 5.43 Å². The van der Waals surface area contributed by atoms with Crippen LogP contribution in [0, 0.1) is 0 Å². The SMILES string of the molecule is COc1ccc(CNCNN)cc1OC. The van der Waals surface area contributed by atoms with Crippen molar-refractivity contribution in [2.45, 2.75) is 6.54 Å². The molecule has 0 atom stereocenters. The minimum Gasteiger partial charge on any atom is -0.493 e. The third-order valence-electron chi connectivity index (χ3n) is 2.00. The summed E-state index contributed by atoms with van der Waals surface area (Å²) in [5.41, 5.74) is 3.64. The highest BCUT2D eigenvalue weighted by Gasteiger charge is 2.03. The zero-order chi connectivity index (χ0) is 11.1. The maximum absolute atomic E-state index is 5.19. The maximum Gasteiger partial charge on any atom is 0.161 e. The molecule has 84 valence electrons. The zero-order valence-electron chi connectivity index (χ0n) is 9.04. The summed E-state index contributed by atoms with van der Waals surface area (Å²) in [4.78, 5) is 0. The van der Waals surface area contributed by atoms with E-state index < -0.39 is 0 Å². The first-order valence-corrected chi connectivity index (χ1v) is 4.67. The number of nitrogens with two attached hydrogens (primary N) is 1. The molecule has 1 rings (SSSR count). The average molecular weight is 211 g/mol. The number of hydrogen-bond acceptors (Lipinski definition) is 5. The molecule has 1 aromatic carbocycles. The first kappa shape index (κ1) is 11.8. The van der Waals surface area contributed by atoms with Crippen molar-refractivity contribution in [2.24, 2.45) is 5.84 Å². The van der Waals surface area contributed by atoms with Crippen molar-refractivity contribution in [1.29, 1.82) is 0 Å². The zero-order valence-corrected chi connectivity index (χ0v) is 9.04. The maximum atomic E-state index is 5.19. The molecule has 0 aromatic heterocycles. The van der Waals surface area contributed by atoms with Crippen molar-refractivity contribution in [3.8, 4) is 11.5 Å². The van der Waals surface area contributed by atoms with Crippen LogP contribution in [-0.4, -0.2) is 20.9 Å². The lowest BCUT2D eigenvalue weighted by molar-refractivity contribution is 0.354. The van der Waals surface area contributed by atoms with E-state index in [2.05, 4.69) is 10.7 Å². The van der Waals surface area contributed by atoms with Crippen molar-refractivity contribution in [1.82, 2.24) is 10.7 Å². The predicted octanol–water partition coefficient (Wildman–Crippen LogP) is 0.214. The Balaban J connectivity index is 2.66. The number of rotatable bonds is 6. The largest absolute Gasteiger partial charge is 0.493 e. The lowest BCUT2D eigenvalue weighted by Crippen LogP contribution is -2.33. The molecule has 15 heavy (non-hydrogen) atoms. The Morgan fingerprint density at radius 3 is 2.53 bits per heavy atom. The molecular formula is C10H17N3O2. The molecule has 4 N–H and O–H groups in total. The Morgan fingerprint density at radius 2 is 1.93 bits per heavy atom. The molecule has 0 saturated heterocycles. The van der Waals surface area contributed by atoms with Crippen molar-refractivity contribution in [3.05, 3.63) is 23.8 Å². The molecular weight excluding hydrogens is 194 g/mol. The van der Waals surface area contributed by atoms with Crippen molar-refractivity contribution in [2.75, 3.05) is 20.9 Å². The second kappa shape index (κ2) is 6.23. The van der Waals surface area contributed by atoms with Gasteiger partial charge in [0.25, 0.3) is 0 Å². The van der Waals surface area contributed by atoms with Crippen LogP contribution >= 0.6 is 0 Å². The molecule has 0 heterocycles. The standard InChI is InChI=1S/C10H17N3O2/c1-14-9-4-3-8(5-10(9)15-2)6-12-7-13-11/h3-5,12-13H,6-7,11H2,1-2H3. The Morgan fingerprint density at radius 1 is 1.20 bits per heavy atom. The summed E-state index contributed by atoms with van der Waals surface area (Å²) < 4.78 is 10.3. The second-order valence-corrected chi connectivity index (χ2v) is 3.00. The first-order valence-electron chi connectivity index (χ1n) is 4.67. The molecule has 0 aliphatic heterocycles. The fourth-order valence-electron chi connectivity index (χ4n) is 1.27. The third-order valence-corrected chi connectivity index (χ3v) is 2.00. The molecule has 0 bridgehead atoms. The molecule has 0 spiro atoms. The van der Waals surface area contributed by atoms with Gasteiger partial charge in [0.1, 0.15) is 0 Å². The van der Waals surface area contributed by atoms with Crippen LogP contribution in [0.2, 0.25) is 0 Å². The van der Waals surface area contributed by atoms with Gasteiger partial charge in [-0.1, -0.05) is 6.07 Å². The van der Waals surface area contributed by atoms with Crippen LogP contribution in [0.1, 0.15) is 5.56 Å². The topological polar surface area (TPSA) is 68.5 Å². The Labute approximate surface area is 89.5 Å². The van der Waals surface area contributed by atoms with Crippen molar-refractivity contribution >= 4 is 0 Å². The molecule has 0 amide bonds. The summed E-state index contributed by atoms with van der Waals surface area (Å²) in [7, 11) is 3.24. The van der Waals surface area contributed by atoms with E-state index in [1.54, 1.807) is 14.2 Å². The Hall–Kier alpha value is -1.30. The first-order chi connectivity index (χ1) is 7.31. The summed E-state index contributed by atoms with van der Waals surface area (Å²) in [6, 6.07) is 5.79. The van der Waals surface area contributed by atoms with Gasteiger partial charge < -0.3 is 9.47 Å². The highest BCUT2D eigenvalue weighted by Crippen LogP contribution is 2.27. The van der Waals surface area contributed by atoms with Crippen LogP contribution in [0.15, 0.2) is 18.2 Å². The monoisotopic (exact) mass is 211 g/mol. The van der Waals surface area contributed by atoms with Gasteiger partial charge in [-0.05, 0) is 17.7 Å². The van der Waals surface area contributed by atoms with Crippen LogP contribution in [0.25, 0.3) is 0 Å². The number of nitrogens with one attached hydrogen (secondary N) is 2. The van der Waals surface area contributed by atoms with Gasteiger partial charge in [0.05, 0.1) is 20.9 Å². The Kier molecular flexibility index (Phi) is 4.89. The summed E-state index contributed by atoms with van der Waals surface area (Å²) in [6.07, 6.45) is 0. The highest BCUT2D eigenvalue weighted by molar-refractivity contribution is 5.42. The molecule has 0 aliphatic rings. The van der Waals surface area contributed by atoms with Gasteiger partial charge in [-0.3, -0.25) is 11.2 Å². The second-order valence-electron chi connectivity index (χ2n) is 3.00. The molecule has 0 saturated carbocycles. The third kappa shape index (κ3) is 3.39. The predicted molar refractivity (Wildman–Crippen MR) is 58.6 cm³/mol. The fraction of sp³-hybridized carbons (Fsp3) is 0.400. The van der Waals surface area contributed by atoms with Gasteiger partial charge in [0.2, 0.25) is 0 Å². The smallest absolute Gasteiger partial charge is 0.161 e. The van der Waals surface area contributed by atoms with Crippen molar-refractivity contribution < 1.29 is 9.47 Å². The van der Waals surface area contributed by atoms with Gasteiger partial charge in [0.15, 0.2) is 11.5 Å². The van der Waals surface area contributed by atoms with Gasteiger partial charge in [-0.15, -0.1) is 0 Å². The van der Waals surface area contributed by atoms with E-state index in [1.165, 1.54) is 0 Å². The van der Waals surface area contributed by atoms with E-state index in [0.29, 0.717) is 6.67 Å². The van der Waals surface area contributed by atoms with E-state index in [1.807, 2.05) is 18.2 Å². The minimum atomic E-state index is 0.564. The van der Waals surface area contributed by atoms with Gasteiger partial charge in [-0.2, -0.15) is 0 Å². The van der Waals surface area contributed by atoms with Crippen LogP contribution < -0.4 is 26.1 Å².